The maximum atomic E-state index is 13.3. The number of fused-ring (bicyclic) bond motifs is 1. The van der Waals surface area contributed by atoms with Crippen LogP contribution in [-0.2, 0) is 11.3 Å². The highest BCUT2D eigenvalue weighted by Gasteiger charge is 2.27. The van der Waals surface area contributed by atoms with Gasteiger partial charge in [-0.15, -0.1) is 11.3 Å². The zero-order valence-electron chi connectivity index (χ0n) is 20.0. The molecule has 0 amide bonds. The number of aryl methyl sites for hydroxylation is 2. The first-order chi connectivity index (χ1) is 15.4. The lowest BCUT2D eigenvalue weighted by molar-refractivity contribution is 0.0524. The highest BCUT2D eigenvalue weighted by molar-refractivity contribution is 7.18. The summed E-state index contributed by atoms with van der Waals surface area (Å²) < 4.78 is 16.6. The van der Waals surface area contributed by atoms with Gasteiger partial charge in [-0.1, -0.05) is 13.8 Å². The number of pyridine rings is 1. The van der Waals surface area contributed by atoms with Crippen LogP contribution in [0, 0.1) is 13.8 Å². The van der Waals surface area contributed by atoms with Gasteiger partial charge in [0, 0.05) is 28.4 Å². The Labute approximate surface area is 194 Å². The lowest BCUT2D eigenvalue weighted by atomic mass is 9.93. The van der Waals surface area contributed by atoms with Crippen LogP contribution in [0.1, 0.15) is 47.3 Å². The van der Waals surface area contributed by atoms with Gasteiger partial charge in [0.15, 0.2) is 0 Å². The number of ether oxygens (including phenoxy) is 3. The van der Waals surface area contributed by atoms with Crippen LogP contribution in [0.3, 0.4) is 0 Å². The number of hydrogen-bond acceptors (Lipinski definition) is 7. The van der Waals surface area contributed by atoms with Gasteiger partial charge in [-0.3, -0.25) is 4.90 Å². The molecule has 2 heterocycles. The molecule has 0 bridgehead atoms. The van der Waals surface area contributed by atoms with Crippen molar-refractivity contribution in [3.8, 4) is 22.6 Å². The fourth-order valence-corrected chi connectivity index (χ4v) is 4.93. The Morgan fingerprint density at radius 1 is 1.03 bits per heavy atom. The molecule has 0 aliphatic heterocycles. The van der Waals surface area contributed by atoms with Crippen molar-refractivity contribution in [1.29, 1.82) is 0 Å². The molecule has 3 rings (SSSR count). The Morgan fingerprint density at radius 3 is 2.19 bits per heavy atom. The Morgan fingerprint density at radius 2 is 1.66 bits per heavy atom. The van der Waals surface area contributed by atoms with Crippen molar-refractivity contribution in [1.82, 2.24) is 9.88 Å². The summed E-state index contributed by atoms with van der Waals surface area (Å²) in [5.74, 6) is 0.965. The van der Waals surface area contributed by atoms with Crippen LogP contribution in [0.25, 0.3) is 21.3 Å². The molecule has 0 unspecified atom stereocenters. The fourth-order valence-electron chi connectivity index (χ4n) is 3.87. The number of hydrogen-bond donors (Lipinski definition) is 0. The van der Waals surface area contributed by atoms with E-state index < -0.39 is 0 Å². The molecule has 6 nitrogen and oxygen atoms in total. The molecule has 0 N–H and O–H groups in total. The number of carbonyl (C=O) groups is 1. The van der Waals surface area contributed by atoms with Crippen LogP contribution in [0.5, 0.6) is 11.5 Å². The van der Waals surface area contributed by atoms with Gasteiger partial charge < -0.3 is 14.2 Å². The zero-order valence-corrected chi connectivity index (χ0v) is 20.8. The second kappa shape index (κ2) is 10.3. The van der Waals surface area contributed by atoms with Gasteiger partial charge in [-0.05, 0) is 57.1 Å². The molecule has 0 aliphatic rings. The van der Waals surface area contributed by atoms with Gasteiger partial charge in [-0.2, -0.15) is 0 Å². The SMILES string of the molecule is CCOC(=O)c1c(CN(CC)CC)nc2sc(C)c(C)c2c1-c1cc(OC)cc(OC)c1. The van der Waals surface area contributed by atoms with Crippen molar-refractivity contribution in [3.05, 3.63) is 39.9 Å². The monoisotopic (exact) mass is 456 g/mol. The minimum Gasteiger partial charge on any atom is -0.497 e. The van der Waals surface area contributed by atoms with Gasteiger partial charge >= 0.3 is 5.97 Å². The molecule has 32 heavy (non-hydrogen) atoms. The fraction of sp³-hybridized carbons (Fsp3) is 0.440. The summed E-state index contributed by atoms with van der Waals surface area (Å²) in [5, 5.41) is 0.981. The summed E-state index contributed by atoms with van der Waals surface area (Å²) in [5.41, 5.74) is 4.04. The molecule has 3 aromatic rings. The first-order valence-electron chi connectivity index (χ1n) is 10.9. The summed E-state index contributed by atoms with van der Waals surface area (Å²) in [7, 11) is 3.25. The lowest BCUT2D eigenvalue weighted by Gasteiger charge is -2.21. The van der Waals surface area contributed by atoms with E-state index in [2.05, 4.69) is 32.6 Å². The van der Waals surface area contributed by atoms with Crippen LogP contribution in [0.2, 0.25) is 0 Å². The summed E-state index contributed by atoms with van der Waals surface area (Å²) in [6.45, 7) is 12.8. The van der Waals surface area contributed by atoms with Gasteiger partial charge in [0.05, 0.1) is 32.1 Å². The van der Waals surface area contributed by atoms with Crippen molar-refractivity contribution in [2.24, 2.45) is 0 Å². The van der Waals surface area contributed by atoms with Crippen molar-refractivity contribution >= 4 is 27.5 Å². The first-order valence-corrected chi connectivity index (χ1v) is 11.7. The third-order valence-corrected chi connectivity index (χ3v) is 6.88. The van der Waals surface area contributed by atoms with E-state index in [1.807, 2.05) is 25.1 Å². The molecule has 0 fully saturated rings. The average Bonchev–Trinajstić information content (AvgIpc) is 3.08. The molecule has 0 saturated carbocycles. The normalized spacial score (nSPS) is 11.2. The molecule has 7 heteroatoms. The van der Waals surface area contributed by atoms with Gasteiger partial charge in [-0.25, -0.2) is 9.78 Å². The molecule has 0 spiro atoms. The topological polar surface area (TPSA) is 60.9 Å². The Balaban J connectivity index is 2.45. The van der Waals surface area contributed by atoms with Crippen LogP contribution >= 0.6 is 11.3 Å². The summed E-state index contributed by atoms with van der Waals surface area (Å²) >= 11 is 1.65. The predicted molar refractivity (Wildman–Crippen MR) is 130 cm³/mol. The van der Waals surface area contributed by atoms with Gasteiger partial charge in [0.25, 0.3) is 0 Å². The standard InChI is InChI=1S/C25H32N2O4S/c1-8-27(9-2)14-20-23(25(28)31-10-3)22(21-15(4)16(5)32-24(21)26-20)17-11-18(29-6)13-19(12-17)30-7/h11-13H,8-10,14H2,1-7H3. The van der Waals surface area contributed by atoms with E-state index in [0.29, 0.717) is 30.2 Å². The van der Waals surface area contributed by atoms with E-state index in [-0.39, 0.29) is 5.97 Å². The smallest absolute Gasteiger partial charge is 0.340 e. The van der Waals surface area contributed by atoms with Crippen LogP contribution < -0.4 is 9.47 Å². The third kappa shape index (κ3) is 4.59. The van der Waals surface area contributed by atoms with Crippen molar-refractivity contribution in [2.45, 2.75) is 41.2 Å². The van der Waals surface area contributed by atoms with Crippen LogP contribution in [0.4, 0.5) is 0 Å². The predicted octanol–water partition coefficient (Wildman–Crippen LogP) is 5.62. The largest absolute Gasteiger partial charge is 0.497 e. The zero-order chi connectivity index (χ0) is 23.4. The second-order valence-electron chi connectivity index (χ2n) is 7.56. The summed E-state index contributed by atoms with van der Waals surface area (Å²) in [6, 6.07) is 5.70. The van der Waals surface area contributed by atoms with E-state index in [1.54, 1.807) is 25.6 Å². The molecule has 0 saturated heterocycles. The van der Waals surface area contributed by atoms with E-state index >= 15 is 0 Å². The number of benzene rings is 1. The molecule has 172 valence electrons. The van der Waals surface area contributed by atoms with Crippen molar-refractivity contribution in [2.75, 3.05) is 33.9 Å². The molecule has 1 aromatic carbocycles. The Kier molecular flexibility index (Phi) is 7.74. The number of esters is 1. The van der Waals surface area contributed by atoms with Crippen molar-refractivity contribution < 1.29 is 19.0 Å². The third-order valence-electron chi connectivity index (χ3n) is 5.78. The lowest BCUT2D eigenvalue weighted by Crippen LogP contribution is -2.25. The molecule has 0 aliphatic carbocycles. The van der Waals surface area contributed by atoms with E-state index in [9.17, 15) is 4.79 Å². The highest BCUT2D eigenvalue weighted by Crippen LogP contribution is 2.42. The Bertz CT molecular complexity index is 1100. The average molecular weight is 457 g/mol. The molecular formula is C25H32N2O4S. The number of thiophene rings is 1. The minimum atomic E-state index is -0.357. The first kappa shape index (κ1) is 24.0. The van der Waals surface area contributed by atoms with E-state index in [1.165, 1.54) is 4.88 Å². The quantitative estimate of drug-likeness (QED) is 0.390. The number of aromatic nitrogens is 1. The highest BCUT2D eigenvalue weighted by atomic mass is 32.1. The van der Waals surface area contributed by atoms with Gasteiger partial charge in [0.2, 0.25) is 0 Å². The second-order valence-corrected chi connectivity index (χ2v) is 8.76. The van der Waals surface area contributed by atoms with E-state index in [0.717, 1.165) is 45.7 Å². The number of methoxy groups -OCH3 is 2. The van der Waals surface area contributed by atoms with Gasteiger partial charge in [0.1, 0.15) is 16.3 Å². The molecule has 2 aromatic heterocycles. The van der Waals surface area contributed by atoms with Crippen LogP contribution in [0.15, 0.2) is 18.2 Å². The van der Waals surface area contributed by atoms with E-state index in [4.69, 9.17) is 19.2 Å². The number of rotatable bonds is 9. The van der Waals surface area contributed by atoms with Crippen molar-refractivity contribution in [3.63, 3.8) is 0 Å². The number of carbonyl (C=O) groups excluding carboxylic acids is 1. The summed E-state index contributed by atoms with van der Waals surface area (Å²) in [4.78, 5) is 22.7. The molecule has 0 radical (unpaired) electrons. The molecular weight excluding hydrogens is 424 g/mol. The maximum absolute atomic E-state index is 13.3. The Hall–Kier alpha value is -2.64. The maximum Gasteiger partial charge on any atom is 0.340 e. The molecule has 0 atom stereocenters. The summed E-state index contributed by atoms with van der Waals surface area (Å²) in [6.07, 6.45) is 0. The number of nitrogens with zero attached hydrogens (tertiary/aromatic N) is 2. The minimum absolute atomic E-state index is 0.296. The van der Waals surface area contributed by atoms with Crippen LogP contribution in [-0.4, -0.2) is 49.8 Å².